The second-order valence-electron chi connectivity index (χ2n) is 6.91. The average molecular weight is 423 g/mol. The number of amides is 2. The molecule has 1 heterocycles. The molecule has 1 aliphatic rings. The first kappa shape index (κ1) is 20.3. The number of hydrogen-bond donors (Lipinski definition) is 1. The molecule has 2 aromatic carbocycles. The van der Waals surface area contributed by atoms with Crippen LogP contribution in [0.25, 0.3) is 0 Å². The van der Waals surface area contributed by atoms with Gasteiger partial charge in [-0.25, -0.2) is 0 Å². The first-order valence-corrected chi connectivity index (χ1v) is 9.36. The monoisotopic (exact) mass is 422 g/mol. The van der Waals surface area contributed by atoms with Gasteiger partial charge in [0, 0.05) is 10.0 Å². The van der Waals surface area contributed by atoms with E-state index in [1.165, 1.54) is 12.0 Å². The molecule has 0 spiro atoms. The van der Waals surface area contributed by atoms with E-state index in [0.717, 1.165) is 0 Å². The van der Waals surface area contributed by atoms with Crippen molar-refractivity contribution in [2.24, 2.45) is 0 Å². The summed E-state index contributed by atoms with van der Waals surface area (Å²) in [7, 11) is 1.49. The highest BCUT2D eigenvalue weighted by Crippen LogP contribution is 2.40. The van der Waals surface area contributed by atoms with Gasteiger partial charge in [0.15, 0.2) is 5.60 Å². The fourth-order valence-corrected chi connectivity index (χ4v) is 3.34. The van der Waals surface area contributed by atoms with Crippen LogP contribution >= 0.6 is 23.2 Å². The zero-order chi connectivity index (χ0) is 20.6. The Kier molecular flexibility index (Phi) is 5.46. The Morgan fingerprint density at radius 2 is 1.82 bits per heavy atom. The predicted molar refractivity (Wildman–Crippen MR) is 110 cm³/mol. The maximum Gasteiger partial charge on any atom is 0.271 e. The van der Waals surface area contributed by atoms with E-state index in [1.54, 1.807) is 57.2 Å². The highest BCUT2D eigenvalue weighted by Gasteiger charge is 2.44. The minimum Gasteiger partial charge on any atom is -0.495 e. The van der Waals surface area contributed by atoms with Crippen LogP contribution < -0.4 is 19.7 Å². The molecular formula is C20H20Cl2N2O4. The highest BCUT2D eigenvalue weighted by atomic mass is 35.5. The van der Waals surface area contributed by atoms with Crippen molar-refractivity contribution in [3.63, 3.8) is 0 Å². The molecule has 6 nitrogen and oxygen atoms in total. The van der Waals surface area contributed by atoms with Crippen LogP contribution in [0.5, 0.6) is 11.5 Å². The molecule has 0 aromatic heterocycles. The molecule has 1 aliphatic heterocycles. The standard InChI is InChI=1S/C20H20Cl2N2O4/c1-11(18(25)23-14-9-12(21)5-7-16(14)27-4)24-15-10-13(22)6-8-17(15)28-20(2,3)19(24)26/h5-11H,1-4H3,(H,23,25). The summed E-state index contributed by atoms with van der Waals surface area (Å²) in [4.78, 5) is 27.4. The van der Waals surface area contributed by atoms with Crippen molar-refractivity contribution < 1.29 is 19.1 Å². The molecule has 0 bridgehead atoms. The summed E-state index contributed by atoms with van der Waals surface area (Å²) in [6.07, 6.45) is 0. The van der Waals surface area contributed by atoms with Crippen LogP contribution in [0.4, 0.5) is 11.4 Å². The highest BCUT2D eigenvalue weighted by molar-refractivity contribution is 6.31. The Morgan fingerprint density at radius 3 is 2.50 bits per heavy atom. The van der Waals surface area contributed by atoms with E-state index in [0.29, 0.717) is 32.9 Å². The maximum atomic E-state index is 13.0. The van der Waals surface area contributed by atoms with Gasteiger partial charge >= 0.3 is 0 Å². The van der Waals surface area contributed by atoms with Crippen LogP contribution in [-0.4, -0.2) is 30.6 Å². The summed E-state index contributed by atoms with van der Waals surface area (Å²) in [5, 5.41) is 3.66. The number of carbonyl (C=O) groups excluding carboxylic acids is 2. The number of halogens is 2. The van der Waals surface area contributed by atoms with Gasteiger partial charge in [0.25, 0.3) is 5.91 Å². The number of rotatable bonds is 4. The van der Waals surface area contributed by atoms with Crippen LogP contribution in [0.1, 0.15) is 20.8 Å². The fraction of sp³-hybridized carbons (Fsp3) is 0.300. The number of nitrogens with one attached hydrogen (secondary N) is 1. The Morgan fingerprint density at radius 1 is 1.18 bits per heavy atom. The first-order chi connectivity index (χ1) is 13.1. The van der Waals surface area contributed by atoms with Gasteiger partial charge in [0.2, 0.25) is 5.91 Å². The zero-order valence-corrected chi connectivity index (χ0v) is 17.4. The van der Waals surface area contributed by atoms with E-state index in [-0.39, 0.29) is 5.91 Å². The number of ether oxygens (including phenoxy) is 2. The molecule has 148 valence electrons. The Hall–Kier alpha value is -2.44. The summed E-state index contributed by atoms with van der Waals surface area (Å²) in [5.41, 5.74) is -0.265. The van der Waals surface area contributed by atoms with Crippen molar-refractivity contribution >= 4 is 46.4 Å². The first-order valence-electron chi connectivity index (χ1n) is 8.60. The molecule has 3 rings (SSSR count). The SMILES string of the molecule is COc1ccc(Cl)cc1NC(=O)C(C)N1C(=O)C(C)(C)Oc2ccc(Cl)cc21. The minimum absolute atomic E-state index is 0.344. The molecule has 0 aliphatic carbocycles. The summed E-state index contributed by atoms with van der Waals surface area (Å²) in [5.74, 6) is 0.191. The lowest BCUT2D eigenvalue weighted by atomic mass is 10.0. The van der Waals surface area contributed by atoms with Crippen molar-refractivity contribution in [2.75, 3.05) is 17.3 Å². The molecule has 8 heteroatoms. The van der Waals surface area contributed by atoms with Gasteiger partial charge in [-0.3, -0.25) is 14.5 Å². The van der Waals surface area contributed by atoms with Crippen molar-refractivity contribution in [3.8, 4) is 11.5 Å². The summed E-state index contributed by atoms with van der Waals surface area (Å²) in [6, 6.07) is 9.02. The lowest BCUT2D eigenvalue weighted by molar-refractivity contribution is -0.134. The third kappa shape index (κ3) is 3.75. The minimum atomic E-state index is -1.12. The molecule has 28 heavy (non-hydrogen) atoms. The molecular weight excluding hydrogens is 403 g/mol. The van der Waals surface area contributed by atoms with E-state index < -0.39 is 17.6 Å². The van der Waals surface area contributed by atoms with Gasteiger partial charge in [-0.2, -0.15) is 0 Å². The van der Waals surface area contributed by atoms with Crippen molar-refractivity contribution in [3.05, 3.63) is 46.4 Å². The van der Waals surface area contributed by atoms with E-state index in [9.17, 15) is 9.59 Å². The predicted octanol–water partition coefficient (Wildman–Crippen LogP) is 4.53. The zero-order valence-electron chi connectivity index (χ0n) is 15.9. The average Bonchev–Trinajstić information content (AvgIpc) is 2.63. The van der Waals surface area contributed by atoms with Crippen LogP contribution in [0.3, 0.4) is 0 Å². The maximum absolute atomic E-state index is 13.0. The molecule has 0 saturated carbocycles. The molecule has 1 unspecified atom stereocenters. The fourth-order valence-electron chi connectivity index (χ4n) is 3.00. The smallest absolute Gasteiger partial charge is 0.271 e. The molecule has 2 aromatic rings. The van der Waals surface area contributed by atoms with E-state index >= 15 is 0 Å². The summed E-state index contributed by atoms with van der Waals surface area (Å²) >= 11 is 12.1. The molecule has 2 amide bonds. The Labute approximate surface area is 173 Å². The van der Waals surface area contributed by atoms with Crippen molar-refractivity contribution in [1.82, 2.24) is 0 Å². The van der Waals surface area contributed by atoms with Gasteiger partial charge in [-0.05, 0) is 57.2 Å². The Bertz CT molecular complexity index is 946. The van der Waals surface area contributed by atoms with Crippen LogP contribution in [-0.2, 0) is 9.59 Å². The molecule has 1 N–H and O–H groups in total. The molecule has 1 atom stereocenters. The second-order valence-corrected chi connectivity index (χ2v) is 7.78. The van der Waals surface area contributed by atoms with E-state index in [2.05, 4.69) is 5.32 Å². The number of benzene rings is 2. The van der Waals surface area contributed by atoms with E-state index in [4.69, 9.17) is 32.7 Å². The van der Waals surface area contributed by atoms with Gasteiger partial charge in [-0.15, -0.1) is 0 Å². The van der Waals surface area contributed by atoms with Crippen LogP contribution in [0.15, 0.2) is 36.4 Å². The number of fused-ring (bicyclic) bond motifs is 1. The largest absolute Gasteiger partial charge is 0.495 e. The summed E-state index contributed by atoms with van der Waals surface area (Å²) in [6.45, 7) is 4.95. The number of anilines is 2. The van der Waals surface area contributed by atoms with Crippen molar-refractivity contribution in [2.45, 2.75) is 32.4 Å². The van der Waals surface area contributed by atoms with Gasteiger partial charge in [-0.1, -0.05) is 23.2 Å². The van der Waals surface area contributed by atoms with Gasteiger partial charge in [0.1, 0.15) is 17.5 Å². The van der Waals surface area contributed by atoms with Gasteiger partial charge < -0.3 is 14.8 Å². The third-order valence-corrected chi connectivity index (χ3v) is 4.94. The van der Waals surface area contributed by atoms with Gasteiger partial charge in [0.05, 0.1) is 18.5 Å². The lowest BCUT2D eigenvalue weighted by Gasteiger charge is -2.41. The number of hydrogen-bond acceptors (Lipinski definition) is 4. The topological polar surface area (TPSA) is 67.9 Å². The van der Waals surface area contributed by atoms with Crippen LogP contribution in [0, 0.1) is 0 Å². The number of methoxy groups -OCH3 is 1. The van der Waals surface area contributed by atoms with E-state index in [1.807, 2.05) is 0 Å². The Balaban J connectivity index is 1.96. The normalized spacial score (nSPS) is 16.1. The summed E-state index contributed by atoms with van der Waals surface area (Å²) < 4.78 is 11.1. The second kappa shape index (κ2) is 7.53. The molecule has 0 fully saturated rings. The number of carbonyl (C=O) groups is 2. The third-order valence-electron chi connectivity index (χ3n) is 4.47. The van der Waals surface area contributed by atoms with Crippen molar-refractivity contribution in [1.29, 1.82) is 0 Å². The quantitative estimate of drug-likeness (QED) is 0.785. The van der Waals surface area contributed by atoms with Crippen LogP contribution in [0.2, 0.25) is 10.0 Å². The lowest BCUT2D eigenvalue weighted by Crippen LogP contribution is -2.57. The number of nitrogens with zero attached hydrogens (tertiary/aromatic N) is 1. The molecule has 0 saturated heterocycles. The molecule has 0 radical (unpaired) electrons.